The van der Waals surface area contributed by atoms with Crippen LogP contribution in [0.4, 0.5) is 0 Å². The maximum atomic E-state index is 11.5. The van der Waals surface area contributed by atoms with Gasteiger partial charge in [0.25, 0.3) is 5.56 Å². The topological polar surface area (TPSA) is 116 Å². The highest BCUT2D eigenvalue weighted by molar-refractivity contribution is 7.72. The summed E-state index contributed by atoms with van der Waals surface area (Å²) >= 11 is 15.5. The fourth-order valence-corrected chi connectivity index (χ4v) is 3.86. The van der Waals surface area contributed by atoms with Gasteiger partial charge in [-0.25, -0.2) is 9.97 Å². The summed E-state index contributed by atoms with van der Waals surface area (Å²) in [4.78, 5) is 31.3. The molecule has 4 heterocycles. The Morgan fingerprint density at radius 1 is 0.833 bits per heavy atom. The van der Waals surface area contributed by atoms with Gasteiger partial charge in [0, 0.05) is 13.1 Å². The highest BCUT2D eigenvalue weighted by Gasteiger charge is 2.09. The number of H-pyrrole nitrogens is 4. The summed E-state index contributed by atoms with van der Waals surface area (Å²) in [6.07, 6.45) is 3.14. The average molecular weight is 465 g/mol. The summed E-state index contributed by atoms with van der Waals surface area (Å²) in [5, 5.41) is 0. The van der Waals surface area contributed by atoms with Crippen molar-refractivity contribution in [1.29, 1.82) is 0 Å². The predicted octanol–water partition coefficient (Wildman–Crippen LogP) is 4.25. The Morgan fingerprint density at radius 3 is 1.83 bits per heavy atom. The van der Waals surface area contributed by atoms with E-state index in [2.05, 4.69) is 57.6 Å². The molecule has 4 rings (SSSR count). The van der Waals surface area contributed by atoms with Crippen LogP contribution in [0.5, 0.6) is 0 Å². The minimum atomic E-state index is -0.215. The first-order valence-corrected chi connectivity index (χ1v) is 10.7. The van der Waals surface area contributed by atoms with Crippen LogP contribution in [0, 0.1) is 26.0 Å². The summed E-state index contributed by atoms with van der Waals surface area (Å²) in [5.74, 6) is 0.962. The van der Waals surface area contributed by atoms with Gasteiger partial charge in [-0.05, 0) is 36.3 Å². The zero-order chi connectivity index (χ0) is 22.0. The second-order valence-electron chi connectivity index (χ2n) is 7.73. The third-order valence-corrected chi connectivity index (χ3v) is 5.18. The molecule has 0 spiro atoms. The lowest BCUT2D eigenvalue weighted by Crippen LogP contribution is -2.16. The van der Waals surface area contributed by atoms with Crippen molar-refractivity contribution >= 4 is 59.0 Å². The standard InChI is InChI=1S/C9H12N4OS.C9H12N4S2/c2*1-5(2)3-13-7-6(10-4-11-7)8(14)12-9(13)15/h2*4-5H,3H2,1-2H3,(H,10,11)(H,12,14,15). The van der Waals surface area contributed by atoms with Crippen LogP contribution in [0.25, 0.3) is 22.3 Å². The van der Waals surface area contributed by atoms with Crippen LogP contribution in [0.2, 0.25) is 0 Å². The number of fused-ring (bicyclic) bond motifs is 2. The molecular weight excluding hydrogens is 440 g/mol. The van der Waals surface area contributed by atoms with Crippen molar-refractivity contribution in [2.45, 2.75) is 40.8 Å². The van der Waals surface area contributed by atoms with E-state index < -0.39 is 0 Å². The Kier molecular flexibility index (Phi) is 6.78. The van der Waals surface area contributed by atoms with Gasteiger partial charge in [-0.1, -0.05) is 39.9 Å². The van der Waals surface area contributed by atoms with E-state index in [1.54, 1.807) is 6.33 Å². The number of nitrogens with zero attached hydrogens (tertiary/aromatic N) is 4. The van der Waals surface area contributed by atoms with E-state index in [4.69, 9.17) is 36.7 Å². The van der Waals surface area contributed by atoms with Crippen molar-refractivity contribution in [2.75, 3.05) is 0 Å². The van der Waals surface area contributed by atoms with Crippen molar-refractivity contribution in [3.8, 4) is 0 Å². The molecule has 4 aromatic rings. The molecule has 0 saturated heterocycles. The van der Waals surface area contributed by atoms with Crippen LogP contribution >= 0.6 is 36.7 Å². The largest absolute Gasteiger partial charge is 0.341 e. The molecule has 4 aromatic heterocycles. The molecular formula is C18H24N8OS3. The van der Waals surface area contributed by atoms with Crippen molar-refractivity contribution in [1.82, 2.24) is 39.0 Å². The highest BCUT2D eigenvalue weighted by Crippen LogP contribution is 2.12. The monoisotopic (exact) mass is 464 g/mol. The van der Waals surface area contributed by atoms with E-state index in [9.17, 15) is 4.79 Å². The molecule has 0 bridgehead atoms. The van der Waals surface area contributed by atoms with Gasteiger partial charge in [0.15, 0.2) is 20.8 Å². The van der Waals surface area contributed by atoms with Crippen LogP contribution in [-0.2, 0) is 13.1 Å². The van der Waals surface area contributed by atoms with E-state index >= 15 is 0 Å². The first-order valence-electron chi connectivity index (χ1n) is 9.51. The molecule has 0 aromatic carbocycles. The van der Waals surface area contributed by atoms with Gasteiger partial charge in [0.05, 0.1) is 12.7 Å². The van der Waals surface area contributed by atoms with E-state index in [1.165, 1.54) is 6.33 Å². The molecule has 0 atom stereocenters. The smallest absolute Gasteiger partial charge is 0.277 e. The Hall–Kier alpha value is -2.44. The summed E-state index contributed by atoms with van der Waals surface area (Å²) in [6, 6.07) is 0. The van der Waals surface area contributed by atoms with Crippen molar-refractivity contribution in [3.63, 3.8) is 0 Å². The molecule has 0 unspecified atom stereocenters. The Labute approximate surface area is 187 Å². The molecule has 0 fully saturated rings. The fraction of sp³-hybridized carbons (Fsp3) is 0.444. The normalized spacial score (nSPS) is 11.4. The maximum Gasteiger partial charge on any atom is 0.277 e. The second kappa shape index (κ2) is 9.14. The van der Waals surface area contributed by atoms with E-state index in [-0.39, 0.29) is 5.56 Å². The van der Waals surface area contributed by atoms with Gasteiger partial charge in [-0.15, -0.1) is 0 Å². The van der Waals surface area contributed by atoms with Crippen LogP contribution in [0.1, 0.15) is 27.7 Å². The zero-order valence-corrected chi connectivity index (χ0v) is 19.6. The number of hydrogen-bond acceptors (Lipinski definition) is 6. The van der Waals surface area contributed by atoms with E-state index in [0.717, 1.165) is 24.3 Å². The number of hydrogen-bond donors (Lipinski definition) is 4. The van der Waals surface area contributed by atoms with Gasteiger partial charge in [0.1, 0.15) is 15.7 Å². The molecule has 160 valence electrons. The van der Waals surface area contributed by atoms with Crippen molar-refractivity contribution < 1.29 is 0 Å². The molecule has 0 aliphatic carbocycles. The summed E-state index contributed by atoms with van der Waals surface area (Å²) in [7, 11) is 0. The Bertz CT molecular complexity index is 1290. The first-order chi connectivity index (χ1) is 14.2. The summed E-state index contributed by atoms with van der Waals surface area (Å²) in [6.45, 7) is 10.0. The molecule has 12 heteroatoms. The molecule has 0 amide bonds. The molecule has 4 N–H and O–H groups in total. The number of aromatic amines is 4. The third-order valence-electron chi connectivity index (χ3n) is 4.23. The fourth-order valence-electron chi connectivity index (χ4n) is 3.03. The maximum absolute atomic E-state index is 11.5. The minimum absolute atomic E-state index is 0.215. The average Bonchev–Trinajstić information content (AvgIpc) is 3.32. The van der Waals surface area contributed by atoms with Crippen LogP contribution < -0.4 is 5.56 Å². The Morgan fingerprint density at radius 2 is 1.30 bits per heavy atom. The van der Waals surface area contributed by atoms with E-state index in [0.29, 0.717) is 37.2 Å². The molecule has 9 nitrogen and oxygen atoms in total. The SMILES string of the molecule is CC(C)Cn1c(=S)[nH]c(=O)c2[nH]cnc21.CC(C)Cn1c(=S)[nH]c(=S)c2[nH]cnc21. The quantitative estimate of drug-likeness (QED) is 0.336. The van der Waals surface area contributed by atoms with Gasteiger partial charge < -0.3 is 24.1 Å². The minimum Gasteiger partial charge on any atom is -0.341 e. The highest BCUT2D eigenvalue weighted by atomic mass is 32.1. The molecule has 0 saturated carbocycles. The lowest BCUT2D eigenvalue weighted by Gasteiger charge is -2.10. The number of nitrogens with one attached hydrogen (secondary N) is 4. The third kappa shape index (κ3) is 4.65. The van der Waals surface area contributed by atoms with Crippen molar-refractivity contribution in [2.24, 2.45) is 11.8 Å². The lowest BCUT2D eigenvalue weighted by atomic mass is 10.2. The summed E-state index contributed by atoms with van der Waals surface area (Å²) in [5.41, 5.74) is 2.56. The second-order valence-corrected chi connectivity index (χ2v) is 8.91. The van der Waals surface area contributed by atoms with Gasteiger partial charge >= 0.3 is 0 Å². The van der Waals surface area contributed by atoms with Gasteiger partial charge in [-0.2, -0.15) is 0 Å². The lowest BCUT2D eigenvalue weighted by molar-refractivity contribution is 0.521. The van der Waals surface area contributed by atoms with Crippen LogP contribution in [-0.4, -0.2) is 39.0 Å². The molecule has 0 aliphatic heterocycles. The van der Waals surface area contributed by atoms with Gasteiger partial charge in [-0.3, -0.25) is 9.78 Å². The van der Waals surface area contributed by atoms with Gasteiger partial charge in [0.2, 0.25) is 0 Å². The van der Waals surface area contributed by atoms with Crippen molar-refractivity contribution in [3.05, 3.63) is 37.2 Å². The van der Waals surface area contributed by atoms with E-state index in [1.807, 2.05) is 9.13 Å². The predicted molar refractivity (Wildman–Crippen MR) is 125 cm³/mol. The zero-order valence-electron chi connectivity index (χ0n) is 17.1. The number of imidazole rings is 2. The molecule has 0 aliphatic rings. The molecule has 0 radical (unpaired) electrons. The van der Waals surface area contributed by atoms with Crippen LogP contribution in [0.3, 0.4) is 0 Å². The Balaban J connectivity index is 0.000000171. The summed E-state index contributed by atoms with van der Waals surface area (Å²) < 4.78 is 5.49. The number of rotatable bonds is 4. The number of aromatic nitrogens is 8. The van der Waals surface area contributed by atoms with Crippen LogP contribution in [0.15, 0.2) is 17.4 Å². The first kappa shape index (κ1) is 22.2. The molecule has 30 heavy (non-hydrogen) atoms.